The van der Waals surface area contributed by atoms with E-state index in [-0.39, 0.29) is 12.1 Å². The molecular weight excluding hydrogens is 176 g/mol. The van der Waals surface area contributed by atoms with Crippen molar-refractivity contribution in [3.8, 4) is 0 Å². The first-order valence-corrected chi connectivity index (χ1v) is 5.64. The Hall–Kier alpha value is -0.120. The highest BCUT2D eigenvalue weighted by atomic mass is 16.3. The molecule has 3 nitrogen and oxygen atoms in total. The molecule has 1 saturated heterocycles. The Kier molecular flexibility index (Phi) is 4.35. The van der Waals surface area contributed by atoms with Crippen LogP contribution in [0.5, 0.6) is 0 Å². The molecule has 0 saturated carbocycles. The summed E-state index contributed by atoms with van der Waals surface area (Å²) in [6.45, 7) is 8.05. The monoisotopic (exact) mass is 200 g/mol. The second kappa shape index (κ2) is 5.10. The summed E-state index contributed by atoms with van der Waals surface area (Å²) >= 11 is 0. The van der Waals surface area contributed by atoms with Crippen molar-refractivity contribution in [2.75, 3.05) is 33.3 Å². The van der Waals surface area contributed by atoms with Crippen LogP contribution in [0.4, 0.5) is 0 Å². The van der Waals surface area contributed by atoms with Crippen LogP contribution < -0.4 is 5.32 Å². The second-order valence-electron chi connectivity index (χ2n) is 4.90. The maximum atomic E-state index is 9.32. The zero-order valence-electron chi connectivity index (χ0n) is 9.71. The summed E-state index contributed by atoms with van der Waals surface area (Å²) in [5.41, 5.74) is -0.0308. The third-order valence-electron chi connectivity index (χ3n) is 3.29. The van der Waals surface area contributed by atoms with E-state index in [1.807, 2.05) is 7.05 Å². The quantitative estimate of drug-likeness (QED) is 0.685. The Bertz CT molecular complexity index is 167. The standard InChI is InChI=1S/C11H24N2O/c1-10(2)4-6-13-7-5-11(8-13,9-14)12-3/h10,12,14H,4-9H2,1-3H3. The molecule has 1 aliphatic rings. The number of likely N-dealkylation sites (N-methyl/N-ethyl adjacent to an activating group) is 1. The lowest BCUT2D eigenvalue weighted by atomic mass is 10.0. The van der Waals surface area contributed by atoms with Gasteiger partial charge in [-0.15, -0.1) is 0 Å². The Balaban J connectivity index is 2.32. The van der Waals surface area contributed by atoms with E-state index in [1.165, 1.54) is 13.0 Å². The van der Waals surface area contributed by atoms with Gasteiger partial charge in [0.2, 0.25) is 0 Å². The fourth-order valence-electron chi connectivity index (χ4n) is 2.00. The largest absolute Gasteiger partial charge is 0.394 e. The molecule has 3 heteroatoms. The number of aliphatic hydroxyl groups is 1. The molecular formula is C11H24N2O. The third kappa shape index (κ3) is 2.94. The molecule has 84 valence electrons. The minimum atomic E-state index is -0.0308. The Morgan fingerprint density at radius 2 is 2.21 bits per heavy atom. The van der Waals surface area contributed by atoms with Crippen molar-refractivity contribution in [3.05, 3.63) is 0 Å². The summed E-state index contributed by atoms with van der Waals surface area (Å²) in [5, 5.41) is 12.6. The average molecular weight is 200 g/mol. The first kappa shape index (κ1) is 12.0. The van der Waals surface area contributed by atoms with Gasteiger partial charge in [0, 0.05) is 13.1 Å². The van der Waals surface area contributed by atoms with Gasteiger partial charge in [0.25, 0.3) is 0 Å². The molecule has 1 unspecified atom stereocenters. The molecule has 1 aliphatic heterocycles. The van der Waals surface area contributed by atoms with Crippen LogP contribution in [0.1, 0.15) is 26.7 Å². The molecule has 0 aromatic heterocycles. The molecule has 1 rings (SSSR count). The van der Waals surface area contributed by atoms with Gasteiger partial charge in [0.1, 0.15) is 0 Å². The smallest absolute Gasteiger partial charge is 0.0626 e. The Morgan fingerprint density at radius 1 is 1.50 bits per heavy atom. The van der Waals surface area contributed by atoms with Gasteiger partial charge in [0.05, 0.1) is 12.1 Å². The molecule has 0 radical (unpaired) electrons. The zero-order valence-corrected chi connectivity index (χ0v) is 9.71. The van der Waals surface area contributed by atoms with Crippen molar-refractivity contribution < 1.29 is 5.11 Å². The van der Waals surface area contributed by atoms with E-state index in [2.05, 4.69) is 24.1 Å². The van der Waals surface area contributed by atoms with Gasteiger partial charge in [-0.3, -0.25) is 0 Å². The van der Waals surface area contributed by atoms with E-state index in [4.69, 9.17) is 0 Å². The van der Waals surface area contributed by atoms with Crippen molar-refractivity contribution in [2.24, 2.45) is 5.92 Å². The maximum absolute atomic E-state index is 9.32. The number of hydrogen-bond donors (Lipinski definition) is 2. The lowest BCUT2D eigenvalue weighted by molar-refractivity contribution is 0.167. The molecule has 0 spiro atoms. The van der Waals surface area contributed by atoms with Crippen molar-refractivity contribution in [1.82, 2.24) is 10.2 Å². The molecule has 14 heavy (non-hydrogen) atoms. The van der Waals surface area contributed by atoms with Crippen molar-refractivity contribution in [2.45, 2.75) is 32.2 Å². The van der Waals surface area contributed by atoms with E-state index < -0.39 is 0 Å². The van der Waals surface area contributed by atoms with Crippen LogP contribution in [0.3, 0.4) is 0 Å². The zero-order chi connectivity index (χ0) is 10.6. The van der Waals surface area contributed by atoms with Crippen LogP contribution in [0, 0.1) is 5.92 Å². The van der Waals surface area contributed by atoms with E-state index >= 15 is 0 Å². The van der Waals surface area contributed by atoms with Crippen LogP contribution in [-0.2, 0) is 0 Å². The lowest BCUT2D eigenvalue weighted by Crippen LogP contribution is -2.48. The van der Waals surface area contributed by atoms with E-state index in [0.29, 0.717) is 0 Å². The number of nitrogens with one attached hydrogen (secondary N) is 1. The summed E-state index contributed by atoms with van der Waals surface area (Å²) in [7, 11) is 1.95. The molecule has 1 fully saturated rings. The first-order valence-electron chi connectivity index (χ1n) is 5.64. The third-order valence-corrected chi connectivity index (χ3v) is 3.29. The topological polar surface area (TPSA) is 35.5 Å². The molecule has 0 aromatic rings. The normalized spacial score (nSPS) is 28.9. The fourth-order valence-corrected chi connectivity index (χ4v) is 2.00. The summed E-state index contributed by atoms with van der Waals surface area (Å²) in [6.07, 6.45) is 2.32. The van der Waals surface area contributed by atoms with Gasteiger partial charge in [-0.25, -0.2) is 0 Å². The van der Waals surface area contributed by atoms with Crippen LogP contribution in [0.15, 0.2) is 0 Å². The number of rotatable bonds is 5. The second-order valence-corrected chi connectivity index (χ2v) is 4.90. The van der Waals surface area contributed by atoms with E-state index in [9.17, 15) is 5.11 Å². The molecule has 0 bridgehead atoms. The predicted molar refractivity (Wildman–Crippen MR) is 59.4 cm³/mol. The molecule has 0 aromatic carbocycles. The molecule has 1 atom stereocenters. The molecule has 2 N–H and O–H groups in total. The van der Waals surface area contributed by atoms with Crippen LogP contribution >= 0.6 is 0 Å². The van der Waals surface area contributed by atoms with Crippen LogP contribution in [0.25, 0.3) is 0 Å². The van der Waals surface area contributed by atoms with Crippen molar-refractivity contribution in [3.63, 3.8) is 0 Å². The average Bonchev–Trinajstić information content (AvgIpc) is 2.59. The van der Waals surface area contributed by atoms with Gasteiger partial charge in [0.15, 0.2) is 0 Å². The summed E-state index contributed by atoms with van der Waals surface area (Å²) < 4.78 is 0. The number of aliphatic hydroxyl groups excluding tert-OH is 1. The fraction of sp³-hybridized carbons (Fsp3) is 1.00. The minimum absolute atomic E-state index is 0.0308. The van der Waals surface area contributed by atoms with E-state index in [0.717, 1.165) is 25.4 Å². The Labute approximate surface area is 87.5 Å². The van der Waals surface area contributed by atoms with Gasteiger partial charge in [-0.1, -0.05) is 13.8 Å². The SMILES string of the molecule is CNC1(CO)CCN(CCC(C)C)C1. The molecule has 1 heterocycles. The van der Waals surface area contributed by atoms with Crippen molar-refractivity contribution in [1.29, 1.82) is 0 Å². The maximum Gasteiger partial charge on any atom is 0.0626 e. The first-order chi connectivity index (χ1) is 6.62. The highest BCUT2D eigenvalue weighted by Gasteiger charge is 2.35. The van der Waals surface area contributed by atoms with Gasteiger partial charge in [-0.05, 0) is 32.4 Å². The van der Waals surface area contributed by atoms with Crippen molar-refractivity contribution >= 4 is 0 Å². The highest BCUT2D eigenvalue weighted by Crippen LogP contribution is 2.21. The summed E-state index contributed by atoms with van der Waals surface area (Å²) in [5.74, 6) is 0.772. The number of hydrogen-bond acceptors (Lipinski definition) is 3. The number of nitrogens with zero attached hydrogens (tertiary/aromatic N) is 1. The van der Waals surface area contributed by atoms with Crippen LogP contribution in [0.2, 0.25) is 0 Å². The lowest BCUT2D eigenvalue weighted by Gasteiger charge is -2.26. The van der Waals surface area contributed by atoms with E-state index in [1.54, 1.807) is 0 Å². The summed E-state index contributed by atoms with van der Waals surface area (Å²) in [6, 6.07) is 0. The molecule has 0 amide bonds. The summed E-state index contributed by atoms with van der Waals surface area (Å²) in [4.78, 5) is 2.45. The predicted octanol–water partition coefficient (Wildman–Crippen LogP) is 0.689. The van der Waals surface area contributed by atoms with Gasteiger partial charge in [-0.2, -0.15) is 0 Å². The minimum Gasteiger partial charge on any atom is -0.394 e. The molecule has 0 aliphatic carbocycles. The Morgan fingerprint density at radius 3 is 2.64 bits per heavy atom. The van der Waals surface area contributed by atoms with Crippen LogP contribution in [-0.4, -0.2) is 48.8 Å². The number of likely N-dealkylation sites (tertiary alicyclic amines) is 1. The highest BCUT2D eigenvalue weighted by molar-refractivity contribution is 4.95. The van der Waals surface area contributed by atoms with Gasteiger partial charge >= 0.3 is 0 Å². The van der Waals surface area contributed by atoms with Gasteiger partial charge < -0.3 is 15.3 Å².